The fourth-order valence-corrected chi connectivity index (χ4v) is 3.51. The van der Waals surface area contributed by atoms with Gasteiger partial charge in [-0.2, -0.15) is 5.11 Å². The number of nitrogens with zero attached hydrogens (tertiary/aromatic N) is 4. The fraction of sp³-hybridized carbons (Fsp3) is 0.286. The highest BCUT2D eigenvalue weighted by atomic mass is 16.5. The third-order valence-corrected chi connectivity index (χ3v) is 5.14. The number of benzene rings is 2. The molecule has 0 bridgehead atoms. The Bertz CT molecular complexity index is 1000. The standard InChI is InChI=1S/C21H21N5O4/c1-3-13-4-6-14(7-5-13)22-17(27)12-25-19-18(23-24-25)20(28)26(21(19)29)15-8-10-16(30-2)11-9-15/h4-11,18-19H,3,12H2,1-2H3,(H,22,27)/t18-,19-/m1/s1. The predicted molar refractivity (Wildman–Crippen MR) is 109 cm³/mol. The van der Waals surface area contributed by atoms with Crippen molar-refractivity contribution in [3.63, 3.8) is 0 Å². The Morgan fingerprint density at radius 3 is 2.40 bits per heavy atom. The molecule has 2 aromatic rings. The number of hydrogen-bond donors (Lipinski definition) is 1. The number of nitrogens with one attached hydrogen (secondary N) is 1. The summed E-state index contributed by atoms with van der Waals surface area (Å²) in [5.74, 6) is -0.651. The van der Waals surface area contributed by atoms with E-state index in [0.717, 1.165) is 16.9 Å². The lowest BCUT2D eigenvalue weighted by Crippen LogP contribution is -2.43. The molecule has 2 aliphatic heterocycles. The maximum Gasteiger partial charge on any atom is 0.263 e. The van der Waals surface area contributed by atoms with Gasteiger partial charge in [-0.1, -0.05) is 24.3 Å². The number of amides is 3. The average Bonchev–Trinajstić information content (AvgIpc) is 3.28. The first-order chi connectivity index (χ1) is 14.5. The van der Waals surface area contributed by atoms with E-state index >= 15 is 0 Å². The van der Waals surface area contributed by atoms with Crippen molar-refractivity contribution in [1.82, 2.24) is 5.01 Å². The van der Waals surface area contributed by atoms with Crippen molar-refractivity contribution >= 4 is 29.1 Å². The molecule has 0 unspecified atom stereocenters. The minimum absolute atomic E-state index is 0.185. The molecule has 154 valence electrons. The van der Waals surface area contributed by atoms with Crippen molar-refractivity contribution in [2.75, 3.05) is 23.9 Å². The van der Waals surface area contributed by atoms with Gasteiger partial charge in [-0.3, -0.25) is 19.4 Å². The Balaban J connectivity index is 1.45. The van der Waals surface area contributed by atoms with Crippen LogP contribution in [0.1, 0.15) is 12.5 Å². The first-order valence-electron chi connectivity index (χ1n) is 9.60. The zero-order chi connectivity index (χ0) is 21.3. The summed E-state index contributed by atoms with van der Waals surface area (Å²) in [6.07, 6.45) is 0.909. The van der Waals surface area contributed by atoms with Gasteiger partial charge in [-0.15, -0.1) is 0 Å². The lowest BCUT2D eigenvalue weighted by Gasteiger charge is -2.20. The number of hydrogen-bond acceptors (Lipinski definition) is 7. The smallest absolute Gasteiger partial charge is 0.263 e. The van der Waals surface area contributed by atoms with Crippen molar-refractivity contribution in [2.45, 2.75) is 25.4 Å². The third kappa shape index (κ3) is 3.49. The van der Waals surface area contributed by atoms with Crippen LogP contribution in [0.3, 0.4) is 0 Å². The van der Waals surface area contributed by atoms with Gasteiger partial charge in [-0.25, -0.2) is 4.90 Å². The minimum Gasteiger partial charge on any atom is -0.497 e. The molecule has 0 spiro atoms. The second kappa shape index (κ2) is 7.94. The average molecular weight is 407 g/mol. The molecule has 9 nitrogen and oxygen atoms in total. The van der Waals surface area contributed by atoms with Gasteiger partial charge in [0.25, 0.3) is 11.8 Å². The van der Waals surface area contributed by atoms with Crippen LogP contribution in [0.2, 0.25) is 0 Å². The molecule has 2 aromatic carbocycles. The maximum absolute atomic E-state index is 13.0. The van der Waals surface area contributed by atoms with E-state index in [1.165, 1.54) is 12.1 Å². The van der Waals surface area contributed by atoms with E-state index in [9.17, 15) is 14.4 Å². The van der Waals surface area contributed by atoms with Crippen molar-refractivity contribution < 1.29 is 19.1 Å². The summed E-state index contributed by atoms with van der Waals surface area (Å²) in [6, 6.07) is 12.2. The zero-order valence-electron chi connectivity index (χ0n) is 16.6. The summed E-state index contributed by atoms with van der Waals surface area (Å²) in [5, 5.41) is 11.9. The topological polar surface area (TPSA) is 104 Å². The van der Waals surface area contributed by atoms with Gasteiger partial charge in [-0.05, 0) is 48.4 Å². The lowest BCUT2D eigenvalue weighted by molar-refractivity contribution is -0.123. The molecule has 1 saturated heterocycles. The number of aryl methyl sites for hydroxylation is 1. The first-order valence-corrected chi connectivity index (χ1v) is 9.60. The molecule has 1 N–H and O–H groups in total. The lowest BCUT2D eigenvalue weighted by atomic mass is 10.1. The number of methoxy groups -OCH3 is 1. The Morgan fingerprint density at radius 2 is 1.77 bits per heavy atom. The Labute approximate surface area is 173 Å². The summed E-state index contributed by atoms with van der Waals surface area (Å²) >= 11 is 0. The maximum atomic E-state index is 13.0. The highest BCUT2D eigenvalue weighted by Crippen LogP contribution is 2.32. The van der Waals surface area contributed by atoms with Crippen molar-refractivity contribution in [1.29, 1.82) is 0 Å². The Hall–Kier alpha value is -3.75. The van der Waals surface area contributed by atoms with E-state index in [0.29, 0.717) is 17.1 Å². The van der Waals surface area contributed by atoms with Crippen LogP contribution in [-0.4, -0.2) is 48.5 Å². The third-order valence-electron chi connectivity index (χ3n) is 5.14. The van der Waals surface area contributed by atoms with Gasteiger partial charge in [0, 0.05) is 5.69 Å². The highest BCUT2D eigenvalue weighted by molar-refractivity contribution is 6.25. The molecular weight excluding hydrogens is 386 g/mol. The molecule has 0 aliphatic carbocycles. The van der Waals surface area contributed by atoms with Gasteiger partial charge in [0.2, 0.25) is 5.91 Å². The van der Waals surface area contributed by atoms with Crippen molar-refractivity contribution in [2.24, 2.45) is 10.3 Å². The van der Waals surface area contributed by atoms with E-state index in [2.05, 4.69) is 22.6 Å². The van der Waals surface area contributed by atoms with E-state index < -0.39 is 23.9 Å². The largest absolute Gasteiger partial charge is 0.497 e. The van der Waals surface area contributed by atoms with Crippen LogP contribution in [0.5, 0.6) is 5.75 Å². The van der Waals surface area contributed by atoms with Crippen molar-refractivity contribution in [3.8, 4) is 5.75 Å². The molecule has 4 rings (SSSR count). The Morgan fingerprint density at radius 1 is 1.07 bits per heavy atom. The minimum atomic E-state index is -0.948. The van der Waals surface area contributed by atoms with Gasteiger partial charge in [0.15, 0.2) is 12.1 Å². The quantitative estimate of drug-likeness (QED) is 0.740. The van der Waals surface area contributed by atoms with Crippen LogP contribution in [0.4, 0.5) is 11.4 Å². The SMILES string of the molecule is CCc1ccc(NC(=O)CN2N=N[C@H]3C(=O)N(c4ccc(OC)cc4)C(=O)[C@@H]32)cc1. The number of carbonyl (C=O) groups is 3. The number of anilines is 2. The molecule has 9 heteroatoms. The summed E-state index contributed by atoms with van der Waals surface area (Å²) in [4.78, 5) is 39.2. The monoisotopic (exact) mass is 407 g/mol. The molecule has 2 heterocycles. The molecule has 0 radical (unpaired) electrons. The second-order valence-electron chi connectivity index (χ2n) is 7.00. The van der Waals surface area contributed by atoms with Crippen LogP contribution in [0.25, 0.3) is 0 Å². The van der Waals surface area contributed by atoms with Gasteiger partial charge < -0.3 is 10.1 Å². The Kier molecular flexibility index (Phi) is 5.18. The molecule has 0 aromatic heterocycles. The van der Waals surface area contributed by atoms with Crippen LogP contribution in [0.15, 0.2) is 58.9 Å². The van der Waals surface area contributed by atoms with Crippen LogP contribution in [0, 0.1) is 0 Å². The molecule has 3 amide bonds. The van der Waals surface area contributed by atoms with Crippen LogP contribution >= 0.6 is 0 Å². The zero-order valence-corrected chi connectivity index (χ0v) is 16.6. The van der Waals surface area contributed by atoms with E-state index in [4.69, 9.17) is 4.74 Å². The molecule has 2 atom stereocenters. The summed E-state index contributed by atoms with van der Waals surface area (Å²) in [7, 11) is 1.53. The first kappa shape index (κ1) is 19.6. The molecule has 30 heavy (non-hydrogen) atoms. The van der Waals surface area contributed by atoms with Crippen LogP contribution < -0.4 is 15.0 Å². The number of ether oxygens (including phenoxy) is 1. The van der Waals surface area contributed by atoms with E-state index in [1.807, 2.05) is 24.3 Å². The van der Waals surface area contributed by atoms with E-state index in [1.54, 1.807) is 24.3 Å². The number of fused-ring (bicyclic) bond motifs is 1. The van der Waals surface area contributed by atoms with Crippen LogP contribution in [-0.2, 0) is 20.8 Å². The van der Waals surface area contributed by atoms with Gasteiger partial charge in [0.1, 0.15) is 12.3 Å². The molecular formula is C21H21N5O4. The highest BCUT2D eigenvalue weighted by Gasteiger charge is 2.55. The van der Waals surface area contributed by atoms with Crippen molar-refractivity contribution in [3.05, 3.63) is 54.1 Å². The van der Waals surface area contributed by atoms with E-state index in [-0.39, 0.29) is 12.5 Å². The summed E-state index contributed by atoms with van der Waals surface area (Å²) in [6.45, 7) is 1.87. The second-order valence-corrected chi connectivity index (χ2v) is 7.00. The summed E-state index contributed by atoms with van der Waals surface area (Å²) in [5.41, 5.74) is 2.24. The van der Waals surface area contributed by atoms with Gasteiger partial charge in [0.05, 0.1) is 12.8 Å². The molecule has 0 saturated carbocycles. The summed E-state index contributed by atoms with van der Waals surface area (Å²) < 4.78 is 5.11. The normalized spacial score (nSPS) is 19.9. The van der Waals surface area contributed by atoms with Gasteiger partial charge >= 0.3 is 0 Å². The predicted octanol–water partition coefficient (Wildman–Crippen LogP) is 2.19. The number of imide groups is 1. The fourth-order valence-electron chi connectivity index (χ4n) is 3.51. The molecule has 2 aliphatic rings. The number of rotatable bonds is 6. The number of carbonyl (C=O) groups excluding carboxylic acids is 3. The molecule has 1 fully saturated rings.